The van der Waals surface area contributed by atoms with Gasteiger partial charge in [-0.15, -0.1) is 0 Å². The van der Waals surface area contributed by atoms with E-state index in [0.717, 1.165) is 12.1 Å². The minimum atomic E-state index is -1.92. The van der Waals surface area contributed by atoms with Crippen LogP contribution in [0.1, 0.15) is 6.92 Å². The van der Waals surface area contributed by atoms with E-state index in [4.69, 9.17) is 23.4 Å². The maximum Gasteiger partial charge on any atom is 0.239 e. The minimum absolute atomic E-state index is 0.103. The maximum absolute atomic E-state index is 13.5. The van der Waals surface area contributed by atoms with Crippen LogP contribution in [0.5, 0.6) is 23.0 Å². The quantitative estimate of drug-likeness (QED) is 0.159. The highest BCUT2D eigenvalue weighted by atomic mass is 16.7. The van der Waals surface area contributed by atoms with E-state index in [-0.39, 0.29) is 28.0 Å². The first-order valence-electron chi connectivity index (χ1n) is 12.9. The van der Waals surface area contributed by atoms with Gasteiger partial charge in [0.25, 0.3) is 0 Å². The zero-order valence-corrected chi connectivity index (χ0v) is 21.9. The summed E-state index contributed by atoms with van der Waals surface area (Å²) < 4.78 is 28.0. The first-order chi connectivity index (χ1) is 19.9. The van der Waals surface area contributed by atoms with Gasteiger partial charge in [-0.25, -0.2) is 0 Å². The average molecular weight is 595 g/mol. The largest absolute Gasteiger partial charge is 0.508 e. The number of phenols is 3. The number of aromatic hydroxyl groups is 3. The van der Waals surface area contributed by atoms with Crippen LogP contribution in [0.3, 0.4) is 0 Å². The van der Waals surface area contributed by atoms with Crippen molar-refractivity contribution in [3.8, 4) is 34.3 Å². The third-order valence-electron chi connectivity index (χ3n) is 7.18. The zero-order valence-electron chi connectivity index (χ0n) is 21.9. The molecule has 2 saturated heterocycles. The Morgan fingerprint density at radius 1 is 0.762 bits per heavy atom. The fourth-order valence-electron chi connectivity index (χ4n) is 4.79. The predicted molar refractivity (Wildman–Crippen MR) is 139 cm³/mol. The summed E-state index contributed by atoms with van der Waals surface area (Å²) >= 11 is 0. The summed E-state index contributed by atoms with van der Waals surface area (Å²) in [4.78, 5) is 13.5. The van der Waals surface area contributed by atoms with Crippen LogP contribution in [0.2, 0.25) is 0 Å². The van der Waals surface area contributed by atoms with Crippen LogP contribution in [0.25, 0.3) is 22.3 Å². The number of aliphatic hydroxyl groups excluding tert-OH is 6. The molecule has 2 aromatic carbocycles. The number of phenolic OH excluding ortho intramolecular Hbond substituents is 3. The summed E-state index contributed by atoms with van der Waals surface area (Å²) in [5.74, 6) is -1.97. The molecule has 15 nitrogen and oxygen atoms in total. The van der Waals surface area contributed by atoms with Gasteiger partial charge in [0.15, 0.2) is 12.1 Å². The molecule has 15 heteroatoms. The van der Waals surface area contributed by atoms with Crippen molar-refractivity contribution in [2.45, 2.75) is 68.3 Å². The SMILES string of the molecule is C[C@@H]1O[C@@H](OC[C@@H]2O[C@@H](Oc3c(-c4ccc(O)cc4)oc4cc(O)cc(O)c4c3=O)[C@H](O)[C@@H](O)[C@@H]2O)[C@H](O)[C@H](O)[C@H]1O. The second-order valence-electron chi connectivity index (χ2n) is 10.1. The van der Waals surface area contributed by atoms with Gasteiger partial charge in [-0.3, -0.25) is 4.79 Å². The third-order valence-corrected chi connectivity index (χ3v) is 7.18. The van der Waals surface area contributed by atoms with Gasteiger partial charge >= 0.3 is 0 Å². The summed E-state index contributed by atoms with van der Waals surface area (Å²) in [7, 11) is 0. The molecular weight excluding hydrogens is 564 g/mol. The monoisotopic (exact) mass is 594 g/mol. The standard InChI is InChI=1S/C27H30O15/c1-9-17(31)20(34)22(36)26(39-9)38-8-15-18(32)21(35)23(37)27(41-15)42-25-19(33)16-13(30)6-12(29)7-14(16)40-24(25)10-2-4-11(28)5-3-10/h2-7,9,15,17-18,20-23,26-32,34-37H,8H2,1H3/t9-,15-,17-,18+,20+,21-,22+,23+,26+,27-/m0/s1. The molecule has 42 heavy (non-hydrogen) atoms. The van der Waals surface area contributed by atoms with Gasteiger partial charge in [0, 0.05) is 17.7 Å². The second kappa shape index (κ2) is 11.6. The Morgan fingerprint density at radius 2 is 1.40 bits per heavy atom. The Bertz CT molecular complexity index is 1470. The van der Waals surface area contributed by atoms with Gasteiger partial charge in [-0.1, -0.05) is 0 Å². The van der Waals surface area contributed by atoms with Crippen LogP contribution in [-0.4, -0.2) is 114 Å². The van der Waals surface area contributed by atoms with Gasteiger partial charge in [0.2, 0.25) is 17.5 Å². The van der Waals surface area contributed by atoms with Gasteiger partial charge in [0.05, 0.1) is 12.7 Å². The number of benzene rings is 2. The number of fused-ring (bicyclic) bond motifs is 1. The molecule has 0 saturated carbocycles. The maximum atomic E-state index is 13.5. The highest BCUT2D eigenvalue weighted by Gasteiger charge is 2.47. The molecule has 2 fully saturated rings. The molecule has 0 amide bonds. The van der Waals surface area contributed by atoms with Crippen LogP contribution in [0, 0.1) is 0 Å². The van der Waals surface area contributed by atoms with Crippen LogP contribution >= 0.6 is 0 Å². The summed E-state index contributed by atoms with van der Waals surface area (Å²) in [6.07, 6.45) is -15.8. The molecule has 9 N–H and O–H groups in total. The van der Waals surface area contributed by atoms with Crippen LogP contribution in [-0.2, 0) is 14.2 Å². The average Bonchev–Trinajstić information content (AvgIpc) is 2.95. The van der Waals surface area contributed by atoms with E-state index in [1.54, 1.807) is 0 Å². The van der Waals surface area contributed by atoms with Gasteiger partial charge in [-0.05, 0) is 31.2 Å². The Hall–Kier alpha value is -3.51. The van der Waals surface area contributed by atoms with E-state index in [2.05, 4.69) is 0 Å². The van der Waals surface area contributed by atoms with Crippen LogP contribution in [0.4, 0.5) is 0 Å². The fraction of sp³-hybridized carbons (Fsp3) is 0.444. The molecule has 228 valence electrons. The second-order valence-corrected chi connectivity index (χ2v) is 10.1. The fourth-order valence-corrected chi connectivity index (χ4v) is 4.79. The molecule has 2 aliphatic heterocycles. The normalized spacial score (nSPS) is 33.5. The molecule has 1 aromatic heterocycles. The molecule has 10 atom stereocenters. The van der Waals surface area contributed by atoms with Crippen molar-refractivity contribution >= 4 is 11.0 Å². The van der Waals surface area contributed by atoms with Gasteiger partial charge < -0.3 is 69.3 Å². The number of hydrogen-bond acceptors (Lipinski definition) is 15. The van der Waals surface area contributed by atoms with Crippen molar-refractivity contribution < 1.29 is 69.3 Å². The summed E-state index contributed by atoms with van der Waals surface area (Å²) in [6.45, 7) is 0.866. The third kappa shape index (κ3) is 5.49. The molecule has 3 heterocycles. The molecule has 0 spiro atoms. The molecule has 5 rings (SSSR count). The Labute approximate surface area is 236 Å². The summed E-state index contributed by atoms with van der Waals surface area (Å²) in [5.41, 5.74) is -0.956. The summed E-state index contributed by atoms with van der Waals surface area (Å²) in [5, 5.41) is 91.4. The van der Waals surface area contributed by atoms with Crippen molar-refractivity contribution in [3.63, 3.8) is 0 Å². The molecule has 3 aromatic rings. The lowest BCUT2D eigenvalue weighted by Crippen LogP contribution is -2.61. The first-order valence-corrected chi connectivity index (χ1v) is 12.9. The Morgan fingerprint density at radius 3 is 2.10 bits per heavy atom. The molecule has 0 radical (unpaired) electrons. The highest BCUT2D eigenvalue weighted by molar-refractivity contribution is 5.88. The predicted octanol–water partition coefficient (Wildman–Crippen LogP) is -1.39. The van der Waals surface area contributed by atoms with E-state index in [1.165, 1.54) is 31.2 Å². The van der Waals surface area contributed by atoms with Gasteiger partial charge in [-0.2, -0.15) is 0 Å². The van der Waals surface area contributed by atoms with Gasteiger partial charge in [0.1, 0.15) is 70.9 Å². The minimum Gasteiger partial charge on any atom is -0.508 e. The van der Waals surface area contributed by atoms with Crippen molar-refractivity contribution in [2.75, 3.05) is 6.61 Å². The van der Waals surface area contributed by atoms with E-state index >= 15 is 0 Å². The van der Waals surface area contributed by atoms with E-state index in [1.807, 2.05) is 0 Å². The van der Waals surface area contributed by atoms with Crippen molar-refractivity contribution in [1.29, 1.82) is 0 Å². The molecular formula is C27H30O15. The lowest BCUT2D eigenvalue weighted by molar-refractivity contribution is -0.318. The first kappa shape index (κ1) is 30.0. The topological polar surface area (TPSA) is 249 Å². The van der Waals surface area contributed by atoms with E-state index < -0.39 is 90.7 Å². The molecule has 0 unspecified atom stereocenters. The number of aliphatic hydroxyl groups is 6. The lowest BCUT2D eigenvalue weighted by atomic mass is 9.98. The smallest absolute Gasteiger partial charge is 0.239 e. The summed E-state index contributed by atoms with van der Waals surface area (Å²) in [6, 6.07) is 7.33. The van der Waals surface area contributed by atoms with E-state index in [0.29, 0.717) is 0 Å². The van der Waals surface area contributed by atoms with Crippen molar-refractivity contribution in [1.82, 2.24) is 0 Å². The Balaban J connectivity index is 1.46. The van der Waals surface area contributed by atoms with Crippen LogP contribution in [0.15, 0.2) is 45.6 Å². The number of hydrogen-bond donors (Lipinski definition) is 9. The van der Waals surface area contributed by atoms with Crippen molar-refractivity contribution in [2.24, 2.45) is 0 Å². The van der Waals surface area contributed by atoms with Crippen molar-refractivity contribution in [3.05, 3.63) is 46.6 Å². The Kier molecular flexibility index (Phi) is 8.30. The molecule has 2 aliphatic rings. The molecule has 0 aliphatic carbocycles. The zero-order chi connectivity index (χ0) is 30.5. The lowest BCUT2D eigenvalue weighted by Gasteiger charge is -2.42. The van der Waals surface area contributed by atoms with E-state index in [9.17, 15) is 50.8 Å². The molecule has 0 bridgehead atoms. The number of ether oxygens (including phenoxy) is 4. The number of rotatable bonds is 6. The highest BCUT2D eigenvalue weighted by Crippen LogP contribution is 2.37. The van der Waals surface area contributed by atoms with Crippen LogP contribution < -0.4 is 10.2 Å².